The molecular weight excluding hydrogens is 111 g/mol. The first-order valence-electron chi connectivity index (χ1n) is 2.07. The highest BCUT2D eigenvalue weighted by molar-refractivity contribution is 5.86. The van der Waals surface area contributed by atoms with Crippen LogP contribution in [0.25, 0.3) is 0 Å². The van der Waals surface area contributed by atoms with Crippen LogP contribution in [-0.2, 0) is 9.53 Å². The number of alkyl halides is 1. The molecule has 3 heteroatoms. The molecule has 46 valence electrons. The molecule has 2 nitrogen and oxygen atoms in total. The maximum atomic E-state index is 11.1. The molecule has 0 aromatic heterocycles. The van der Waals surface area contributed by atoms with E-state index in [1.54, 1.807) is 0 Å². The summed E-state index contributed by atoms with van der Waals surface area (Å²) in [5.74, 6) is -0.687. The lowest BCUT2D eigenvalue weighted by molar-refractivity contribution is -0.142. The SMILES string of the molecule is C=C(C)C(=O)OCF. The molecule has 0 spiro atoms. The van der Waals surface area contributed by atoms with E-state index in [0.717, 1.165) is 0 Å². The molecule has 0 amide bonds. The summed E-state index contributed by atoms with van der Waals surface area (Å²) in [6.45, 7) is 3.61. The molecule has 0 heterocycles. The standard InChI is InChI=1S/C5H7FO2/c1-4(2)5(7)8-3-6/h1,3H2,2H3. The average molecular weight is 118 g/mol. The molecule has 0 rings (SSSR count). The summed E-state index contributed by atoms with van der Waals surface area (Å²) in [7, 11) is 0. The Morgan fingerprint density at radius 2 is 2.38 bits per heavy atom. The van der Waals surface area contributed by atoms with Crippen LogP contribution in [0.3, 0.4) is 0 Å². The van der Waals surface area contributed by atoms with Gasteiger partial charge in [-0.1, -0.05) is 6.58 Å². The highest BCUT2D eigenvalue weighted by atomic mass is 19.1. The molecule has 0 aliphatic heterocycles. The number of carbonyl (C=O) groups is 1. The van der Waals surface area contributed by atoms with Gasteiger partial charge in [0.15, 0.2) is 0 Å². The summed E-state index contributed by atoms with van der Waals surface area (Å²) in [6.07, 6.45) is 0. The van der Waals surface area contributed by atoms with Crippen LogP contribution in [0, 0.1) is 0 Å². The van der Waals surface area contributed by atoms with Gasteiger partial charge in [0.05, 0.1) is 0 Å². The molecule has 0 aliphatic carbocycles. The van der Waals surface area contributed by atoms with Gasteiger partial charge in [0.25, 0.3) is 0 Å². The van der Waals surface area contributed by atoms with Crippen LogP contribution < -0.4 is 0 Å². The van der Waals surface area contributed by atoms with E-state index >= 15 is 0 Å². The van der Waals surface area contributed by atoms with Crippen LogP contribution in [0.15, 0.2) is 12.2 Å². The van der Waals surface area contributed by atoms with Crippen molar-refractivity contribution in [3.63, 3.8) is 0 Å². The minimum atomic E-state index is -1.08. The highest BCUT2D eigenvalue weighted by Gasteiger charge is 1.99. The summed E-state index contributed by atoms with van der Waals surface area (Å²) in [5.41, 5.74) is 0.211. The van der Waals surface area contributed by atoms with E-state index in [-0.39, 0.29) is 5.57 Å². The number of hydrogen-bond acceptors (Lipinski definition) is 2. The maximum Gasteiger partial charge on any atom is 0.335 e. The van der Waals surface area contributed by atoms with Gasteiger partial charge in [0.1, 0.15) is 0 Å². The van der Waals surface area contributed by atoms with Gasteiger partial charge in [-0.15, -0.1) is 0 Å². The topological polar surface area (TPSA) is 26.3 Å². The van der Waals surface area contributed by atoms with Gasteiger partial charge in [0.2, 0.25) is 6.86 Å². The third-order valence-corrected chi connectivity index (χ3v) is 0.534. The second kappa shape index (κ2) is 3.18. The molecule has 0 bridgehead atoms. The predicted molar refractivity (Wildman–Crippen MR) is 26.9 cm³/mol. The number of esters is 1. The van der Waals surface area contributed by atoms with E-state index in [1.165, 1.54) is 6.92 Å². The molecule has 0 N–H and O–H groups in total. The molecule has 8 heavy (non-hydrogen) atoms. The van der Waals surface area contributed by atoms with Crippen molar-refractivity contribution < 1.29 is 13.9 Å². The number of carbonyl (C=O) groups excluding carboxylic acids is 1. The molecule has 0 atom stereocenters. The number of hydrogen-bond donors (Lipinski definition) is 0. The van der Waals surface area contributed by atoms with Crippen LogP contribution in [0.1, 0.15) is 6.92 Å². The van der Waals surface area contributed by atoms with Crippen molar-refractivity contribution in [3.05, 3.63) is 12.2 Å². The Bertz CT molecular complexity index is 109. The summed E-state index contributed by atoms with van der Waals surface area (Å²) in [6, 6.07) is 0. The minimum absolute atomic E-state index is 0.211. The van der Waals surface area contributed by atoms with Crippen molar-refractivity contribution in [1.82, 2.24) is 0 Å². The van der Waals surface area contributed by atoms with Gasteiger partial charge in [-0.2, -0.15) is 0 Å². The van der Waals surface area contributed by atoms with E-state index in [2.05, 4.69) is 11.3 Å². The summed E-state index contributed by atoms with van der Waals surface area (Å²) < 4.78 is 15.0. The van der Waals surface area contributed by atoms with Crippen molar-refractivity contribution in [3.8, 4) is 0 Å². The maximum absolute atomic E-state index is 11.1. The second-order valence-electron chi connectivity index (χ2n) is 1.32. The molecule has 0 saturated carbocycles. The van der Waals surface area contributed by atoms with Gasteiger partial charge >= 0.3 is 5.97 Å². The van der Waals surface area contributed by atoms with Crippen molar-refractivity contribution in [2.45, 2.75) is 6.92 Å². The van der Waals surface area contributed by atoms with Gasteiger partial charge in [-0.05, 0) is 6.92 Å². The molecule has 0 radical (unpaired) electrons. The summed E-state index contributed by atoms with van der Waals surface area (Å²) >= 11 is 0. The fraction of sp³-hybridized carbons (Fsp3) is 0.400. The smallest absolute Gasteiger partial charge is 0.335 e. The Morgan fingerprint density at radius 1 is 1.88 bits per heavy atom. The Hall–Kier alpha value is -0.860. The third kappa shape index (κ3) is 2.34. The second-order valence-corrected chi connectivity index (χ2v) is 1.32. The number of rotatable bonds is 2. The number of ether oxygens (including phenoxy) is 1. The van der Waals surface area contributed by atoms with E-state index < -0.39 is 12.8 Å². The van der Waals surface area contributed by atoms with Crippen molar-refractivity contribution in [2.75, 3.05) is 6.86 Å². The first-order chi connectivity index (χ1) is 3.68. The predicted octanol–water partition coefficient (Wildman–Crippen LogP) is 1.03. The average Bonchev–Trinajstić information content (AvgIpc) is 1.67. The van der Waals surface area contributed by atoms with Crippen molar-refractivity contribution in [1.29, 1.82) is 0 Å². The van der Waals surface area contributed by atoms with Gasteiger partial charge in [0, 0.05) is 5.57 Å². The first kappa shape index (κ1) is 7.14. The zero-order chi connectivity index (χ0) is 6.57. The van der Waals surface area contributed by atoms with Gasteiger partial charge < -0.3 is 4.74 Å². The fourth-order valence-electron chi connectivity index (χ4n) is 0.173. The summed E-state index contributed by atoms with van der Waals surface area (Å²) in [4.78, 5) is 10.2. The molecular formula is C5H7FO2. The van der Waals surface area contributed by atoms with Crippen LogP contribution in [0.4, 0.5) is 4.39 Å². The van der Waals surface area contributed by atoms with E-state index in [4.69, 9.17) is 0 Å². The lowest BCUT2D eigenvalue weighted by Crippen LogP contribution is -2.02. The van der Waals surface area contributed by atoms with Crippen LogP contribution in [-0.4, -0.2) is 12.8 Å². The largest absolute Gasteiger partial charge is 0.430 e. The number of halogens is 1. The molecule has 0 aliphatic rings. The highest BCUT2D eigenvalue weighted by Crippen LogP contribution is 1.90. The molecule has 0 aromatic carbocycles. The Labute approximate surface area is 47.0 Å². The van der Waals surface area contributed by atoms with Gasteiger partial charge in [-0.25, -0.2) is 9.18 Å². The van der Waals surface area contributed by atoms with Crippen molar-refractivity contribution >= 4 is 5.97 Å². The Kier molecular flexibility index (Phi) is 2.84. The normalized spacial score (nSPS) is 8.25. The fourth-order valence-corrected chi connectivity index (χ4v) is 0.173. The quantitative estimate of drug-likeness (QED) is 0.400. The van der Waals surface area contributed by atoms with E-state index in [1.807, 2.05) is 0 Å². The van der Waals surface area contributed by atoms with E-state index in [0.29, 0.717) is 0 Å². The molecule has 0 fully saturated rings. The molecule has 0 aromatic rings. The van der Waals surface area contributed by atoms with E-state index in [9.17, 15) is 9.18 Å². The first-order valence-corrected chi connectivity index (χ1v) is 2.07. The molecule has 0 saturated heterocycles. The zero-order valence-corrected chi connectivity index (χ0v) is 4.61. The monoisotopic (exact) mass is 118 g/mol. The lowest BCUT2D eigenvalue weighted by atomic mass is 10.4. The van der Waals surface area contributed by atoms with Crippen LogP contribution in [0.2, 0.25) is 0 Å². The van der Waals surface area contributed by atoms with Crippen LogP contribution in [0.5, 0.6) is 0 Å². The third-order valence-electron chi connectivity index (χ3n) is 0.534. The Morgan fingerprint density at radius 3 is 2.50 bits per heavy atom. The van der Waals surface area contributed by atoms with Gasteiger partial charge in [-0.3, -0.25) is 0 Å². The lowest BCUT2D eigenvalue weighted by Gasteiger charge is -1.94. The van der Waals surface area contributed by atoms with Crippen molar-refractivity contribution in [2.24, 2.45) is 0 Å². The Balaban J connectivity index is 3.49. The van der Waals surface area contributed by atoms with Crippen LogP contribution >= 0.6 is 0 Å². The molecule has 0 unspecified atom stereocenters. The zero-order valence-electron chi connectivity index (χ0n) is 4.61. The minimum Gasteiger partial charge on any atom is -0.430 e. The summed E-state index contributed by atoms with van der Waals surface area (Å²) in [5, 5.41) is 0.